The zero-order valence-corrected chi connectivity index (χ0v) is 7.34. The first kappa shape index (κ1) is 8.71. The lowest BCUT2D eigenvalue weighted by atomic mass is 10.1. The van der Waals surface area contributed by atoms with Crippen LogP contribution < -0.4 is 5.73 Å². The van der Waals surface area contributed by atoms with E-state index in [0.717, 1.165) is 4.88 Å². The molecule has 0 bridgehead atoms. The molecule has 0 aliphatic carbocycles. The summed E-state index contributed by atoms with van der Waals surface area (Å²) in [7, 11) is 0. The summed E-state index contributed by atoms with van der Waals surface area (Å²) in [6.07, 6.45) is 0.260. The molecule has 0 spiro atoms. The van der Waals surface area contributed by atoms with Gasteiger partial charge in [0.15, 0.2) is 0 Å². The Balaban J connectivity index is 2.49. The molecular formula is C8H13NOS. The van der Waals surface area contributed by atoms with Crippen molar-refractivity contribution in [3.8, 4) is 0 Å². The van der Waals surface area contributed by atoms with Gasteiger partial charge in [0.25, 0.3) is 0 Å². The van der Waals surface area contributed by atoms with Crippen LogP contribution in [0.2, 0.25) is 0 Å². The van der Waals surface area contributed by atoms with Crippen LogP contribution in [0.25, 0.3) is 0 Å². The fourth-order valence-corrected chi connectivity index (χ4v) is 1.67. The van der Waals surface area contributed by atoms with Crippen molar-refractivity contribution in [2.24, 2.45) is 5.73 Å². The van der Waals surface area contributed by atoms with Crippen molar-refractivity contribution >= 4 is 11.3 Å². The molecule has 1 aromatic heterocycles. The van der Waals surface area contributed by atoms with Crippen molar-refractivity contribution in [1.82, 2.24) is 0 Å². The number of aliphatic hydroxyl groups excluding tert-OH is 1. The summed E-state index contributed by atoms with van der Waals surface area (Å²) >= 11 is 1.57. The maximum Gasteiger partial charge on any atom is 0.0896 e. The number of thiophene rings is 1. The first-order chi connectivity index (χ1) is 5.20. The highest BCUT2D eigenvalue weighted by Gasteiger charge is 2.09. The van der Waals surface area contributed by atoms with E-state index in [9.17, 15) is 5.11 Å². The Bertz CT molecular complexity index is 196. The second kappa shape index (κ2) is 3.85. The molecule has 3 heteroatoms. The lowest BCUT2D eigenvalue weighted by Crippen LogP contribution is -2.17. The zero-order chi connectivity index (χ0) is 8.27. The fourth-order valence-electron chi connectivity index (χ4n) is 0.949. The Morgan fingerprint density at radius 1 is 1.73 bits per heavy atom. The van der Waals surface area contributed by atoms with E-state index in [-0.39, 0.29) is 12.1 Å². The van der Waals surface area contributed by atoms with Gasteiger partial charge in [0.1, 0.15) is 0 Å². The van der Waals surface area contributed by atoms with E-state index in [1.807, 2.05) is 24.4 Å². The normalized spacial score (nSPS) is 16.3. The van der Waals surface area contributed by atoms with Gasteiger partial charge in [-0.2, -0.15) is 0 Å². The van der Waals surface area contributed by atoms with E-state index < -0.39 is 0 Å². The zero-order valence-electron chi connectivity index (χ0n) is 6.53. The molecular weight excluding hydrogens is 158 g/mol. The van der Waals surface area contributed by atoms with Crippen LogP contribution >= 0.6 is 11.3 Å². The lowest BCUT2D eigenvalue weighted by molar-refractivity contribution is 0.164. The molecule has 2 unspecified atom stereocenters. The summed E-state index contributed by atoms with van der Waals surface area (Å²) in [5, 5.41) is 11.5. The van der Waals surface area contributed by atoms with Gasteiger partial charge in [-0.25, -0.2) is 0 Å². The number of hydrogen-bond donors (Lipinski definition) is 2. The molecule has 0 radical (unpaired) electrons. The predicted octanol–water partition coefficient (Wildman–Crippen LogP) is 1.52. The molecule has 2 atom stereocenters. The highest BCUT2D eigenvalue weighted by Crippen LogP contribution is 2.21. The molecule has 2 nitrogen and oxygen atoms in total. The quantitative estimate of drug-likeness (QED) is 0.724. The van der Waals surface area contributed by atoms with Crippen molar-refractivity contribution in [2.75, 3.05) is 0 Å². The lowest BCUT2D eigenvalue weighted by Gasteiger charge is -2.10. The largest absolute Gasteiger partial charge is 0.388 e. The van der Waals surface area contributed by atoms with Crippen LogP contribution in [0.15, 0.2) is 17.5 Å². The van der Waals surface area contributed by atoms with Crippen LogP contribution in [0.5, 0.6) is 0 Å². The summed E-state index contributed by atoms with van der Waals surface area (Å²) in [5.74, 6) is 0. The predicted molar refractivity (Wildman–Crippen MR) is 47.5 cm³/mol. The summed E-state index contributed by atoms with van der Waals surface area (Å²) in [5.41, 5.74) is 5.54. The molecule has 3 N–H and O–H groups in total. The Kier molecular flexibility index (Phi) is 3.05. The summed E-state index contributed by atoms with van der Waals surface area (Å²) in [4.78, 5) is 1.00. The van der Waals surface area contributed by atoms with Crippen LogP contribution in [-0.4, -0.2) is 11.1 Å². The molecule has 1 heterocycles. The van der Waals surface area contributed by atoms with Crippen LogP contribution in [0.1, 0.15) is 24.3 Å². The second-order valence-corrected chi connectivity index (χ2v) is 3.72. The van der Waals surface area contributed by atoms with E-state index in [2.05, 4.69) is 0 Å². The topological polar surface area (TPSA) is 46.2 Å². The highest BCUT2D eigenvalue weighted by atomic mass is 32.1. The van der Waals surface area contributed by atoms with Crippen LogP contribution in [-0.2, 0) is 0 Å². The summed E-state index contributed by atoms with van der Waals surface area (Å²) in [6.45, 7) is 1.90. The number of nitrogens with two attached hydrogens (primary N) is 1. The smallest absolute Gasteiger partial charge is 0.0896 e. The molecule has 0 amide bonds. The minimum Gasteiger partial charge on any atom is -0.388 e. The molecule has 0 aliphatic rings. The molecule has 0 fully saturated rings. The van der Waals surface area contributed by atoms with Crippen molar-refractivity contribution in [3.63, 3.8) is 0 Å². The van der Waals surface area contributed by atoms with Crippen molar-refractivity contribution in [2.45, 2.75) is 25.5 Å². The van der Waals surface area contributed by atoms with Crippen molar-refractivity contribution in [3.05, 3.63) is 22.4 Å². The van der Waals surface area contributed by atoms with Gasteiger partial charge >= 0.3 is 0 Å². The van der Waals surface area contributed by atoms with E-state index in [4.69, 9.17) is 5.73 Å². The summed E-state index contributed by atoms with van der Waals surface area (Å²) in [6, 6.07) is 3.93. The average molecular weight is 171 g/mol. The minimum atomic E-state index is -0.380. The second-order valence-electron chi connectivity index (χ2n) is 2.74. The van der Waals surface area contributed by atoms with Gasteiger partial charge in [-0.05, 0) is 24.8 Å². The van der Waals surface area contributed by atoms with Crippen LogP contribution in [0.4, 0.5) is 0 Å². The van der Waals surface area contributed by atoms with Gasteiger partial charge < -0.3 is 10.8 Å². The van der Waals surface area contributed by atoms with Crippen LogP contribution in [0.3, 0.4) is 0 Å². The monoisotopic (exact) mass is 171 g/mol. The molecule has 1 aromatic rings. The Morgan fingerprint density at radius 3 is 2.91 bits per heavy atom. The molecule has 11 heavy (non-hydrogen) atoms. The first-order valence-electron chi connectivity index (χ1n) is 3.67. The van der Waals surface area contributed by atoms with Gasteiger partial charge in [-0.3, -0.25) is 0 Å². The van der Waals surface area contributed by atoms with E-state index in [0.29, 0.717) is 6.42 Å². The van der Waals surface area contributed by atoms with Crippen molar-refractivity contribution in [1.29, 1.82) is 0 Å². The maximum absolute atomic E-state index is 9.51. The third kappa shape index (κ3) is 2.61. The average Bonchev–Trinajstić information content (AvgIpc) is 2.35. The van der Waals surface area contributed by atoms with E-state index in [1.165, 1.54) is 0 Å². The van der Waals surface area contributed by atoms with E-state index in [1.54, 1.807) is 11.3 Å². The van der Waals surface area contributed by atoms with Crippen molar-refractivity contribution < 1.29 is 5.11 Å². The van der Waals surface area contributed by atoms with Gasteiger partial charge in [-0.1, -0.05) is 6.07 Å². The van der Waals surface area contributed by atoms with Gasteiger partial charge in [0.2, 0.25) is 0 Å². The molecule has 0 aliphatic heterocycles. The standard InChI is InChI=1S/C8H13NOS/c1-6(9)5-7(10)8-3-2-4-11-8/h2-4,6-7,10H,5,9H2,1H3. The molecule has 0 saturated heterocycles. The first-order valence-corrected chi connectivity index (χ1v) is 4.55. The highest BCUT2D eigenvalue weighted by molar-refractivity contribution is 7.10. The number of aliphatic hydroxyl groups is 1. The van der Waals surface area contributed by atoms with Gasteiger partial charge in [-0.15, -0.1) is 11.3 Å². The third-order valence-corrected chi connectivity index (χ3v) is 2.44. The van der Waals surface area contributed by atoms with Crippen LogP contribution in [0, 0.1) is 0 Å². The Labute approximate surface area is 70.7 Å². The minimum absolute atomic E-state index is 0.0621. The van der Waals surface area contributed by atoms with Gasteiger partial charge in [0.05, 0.1) is 6.10 Å². The molecule has 1 rings (SSSR count). The molecule has 0 saturated carbocycles. The SMILES string of the molecule is CC(N)CC(O)c1cccs1. The molecule has 62 valence electrons. The fraction of sp³-hybridized carbons (Fsp3) is 0.500. The maximum atomic E-state index is 9.51. The van der Waals surface area contributed by atoms with E-state index >= 15 is 0 Å². The summed E-state index contributed by atoms with van der Waals surface area (Å²) < 4.78 is 0. The third-order valence-electron chi connectivity index (χ3n) is 1.47. The number of hydrogen-bond acceptors (Lipinski definition) is 3. The van der Waals surface area contributed by atoms with Gasteiger partial charge in [0, 0.05) is 10.9 Å². The Hall–Kier alpha value is -0.380. The molecule has 0 aromatic carbocycles. The number of rotatable bonds is 3. The Morgan fingerprint density at radius 2 is 2.45 bits per heavy atom.